The minimum atomic E-state index is -0.106. The molecule has 3 aromatic rings. The first-order valence-electron chi connectivity index (χ1n) is 7.36. The molecule has 3 nitrogen and oxygen atoms in total. The lowest BCUT2D eigenvalue weighted by molar-refractivity contribution is 0.102. The molecule has 0 unspecified atom stereocenters. The van der Waals surface area contributed by atoms with Crippen LogP contribution in [0, 0.1) is 0 Å². The highest BCUT2D eigenvalue weighted by Gasteiger charge is 2.04. The number of carbonyl (C=O) groups excluding carboxylic acids is 1. The van der Waals surface area contributed by atoms with Gasteiger partial charge in [-0.3, -0.25) is 9.78 Å². The highest BCUT2D eigenvalue weighted by molar-refractivity contribution is 6.04. The topological polar surface area (TPSA) is 42.0 Å². The molecule has 0 saturated carbocycles. The van der Waals surface area contributed by atoms with E-state index >= 15 is 0 Å². The molecule has 3 heteroatoms. The molecule has 1 amide bonds. The van der Waals surface area contributed by atoms with Crippen LogP contribution in [0.3, 0.4) is 0 Å². The third-order valence-corrected chi connectivity index (χ3v) is 3.38. The highest BCUT2D eigenvalue weighted by Crippen LogP contribution is 2.13. The van der Waals surface area contributed by atoms with Crippen molar-refractivity contribution in [3.8, 4) is 0 Å². The number of pyridine rings is 1. The summed E-state index contributed by atoms with van der Waals surface area (Å²) >= 11 is 0. The summed E-state index contributed by atoms with van der Waals surface area (Å²) in [5.41, 5.74) is 3.59. The van der Waals surface area contributed by atoms with Crippen molar-refractivity contribution in [1.82, 2.24) is 4.98 Å². The van der Waals surface area contributed by atoms with Crippen LogP contribution in [-0.2, 0) is 0 Å². The van der Waals surface area contributed by atoms with E-state index < -0.39 is 0 Å². The molecule has 0 aliphatic carbocycles. The summed E-state index contributed by atoms with van der Waals surface area (Å²) in [6.45, 7) is 0. The van der Waals surface area contributed by atoms with Crippen LogP contribution in [0.25, 0.3) is 12.2 Å². The van der Waals surface area contributed by atoms with Gasteiger partial charge in [-0.15, -0.1) is 0 Å². The molecule has 0 atom stereocenters. The third kappa shape index (κ3) is 4.14. The van der Waals surface area contributed by atoms with Crippen LogP contribution in [0.1, 0.15) is 21.5 Å². The molecular weight excluding hydrogens is 284 g/mol. The lowest BCUT2D eigenvalue weighted by atomic mass is 10.1. The van der Waals surface area contributed by atoms with Gasteiger partial charge < -0.3 is 5.32 Å². The molecule has 0 radical (unpaired) electrons. The molecule has 3 rings (SSSR count). The van der Waals surface area contributed by atoms with Crippen molar-refractivity contribution >= 4 is 23.7 Å². The van der Waals surface area contributed by atoms with E-state index in [4.69, 9.17) is 0 Å². The zero-order valence-electron chi connectivity index (χ0n) is 12.5. The van der Waals surface area contributed by atoms with Gasteiger partial charge >= 0.3 is 0 Å². The molecule has 0 fully saturated rings. The molecule has 1 heterocycles. The van der Waals surface area contributed by atoms with Gasteiger partial charge in [-0.05, 0) is 47.5 Å². The fraction of sp³-hybridized carbons (Fsp3) is 0. The predicted molar refractivity (Wildman–Crippen MR) is 94.0 cm³/mol. The average Bonchev–Trinajstić information content (AvgIpc) is 2.63. The number of anilines is 1. The molecule has 2 aromatic carbocycles. The molecule has 0 bridgehead atoms. The monoisotopic (exact) mass is 300 g/mol. The highest BCUT2D eigenvalue weighted by atomic mass is 16.1. The number of carbonyl (C=O) groups is 1. The van der Waals surface area contributed by atoms with Crippen molar-refractivity contribution in [1.29, 1.82) is 0 Å². The fourth-order valence-electron chi connectivity index (χ4n) is 2.14. The van der Waals surface area contributed by atoms with Crippen LogP contribution < -0.4 is 5.32 Å². The Hall–Kier alpha value is -3.20. The number of nitrogens with zero attached hydrogens (tertiary/aromatic N) is 1. The van der Waals surface area contributed by atoms with Crippen LogP contribution >= 0.6 is 0 Å². The van der Waals surface area contributed by atoms with Crippen molar-refractivity contribution < 1.29 is 4.79 Å². The maximum atomic E-state index is 12.1. The Morgan fingerprint density at radius 1 is 0.783 bits per heavy atom. The maximum absolute atomic E-state index is 12.1. The van der Waals surface area contributed by atoms with Gasteiger partial charge in [0.05, 0.1) is 0 Å². The smallest absolute Gasteiger partial charge is 0.255 e. The molecule has 0 spiro atoms. The summed E-state index contributed by atoms with van der Waals surface area (Å²) in [5, 5.41) is 2.89. The van der Waals surface area contributed by atoms with E-state index in [-0.39, 0.29) is 5.91 Å². The van der Waals surface area contributed by atoms with Crippen LogP contribution in [0.2, 0.25) is 0 Å². The van der Waals surface area contributed by atoms with E-state index in [0.717, 1.165) is 16.8 Å². The molecule has 0 saturated heterocycles. The first kappa shape index (κ1) is 14.7. The molecule has 1 aromatic heterocycles. The van der Waals surface area contributed by atoms with Gasteiger partial charge in [0.25, 0.3) is 5.91 Å². The Labute approximate surface area is 135 Å². The molecule has 0 aliphatic heterocycles. The van der Waals surface area contributed by atoms with Gasteiger partial charge in [-0.25, -0.2) is 0 Å². The van der Waals surface area contributed by atoms with E-state index in [1.165, 1.54) is 0 Å². The lowest BCUT2D eigenvalue weighted by Crippen LogP contribution is -2.11. The van der Waals surface area contributed by atoms with Gasteiger partial charge in [0.2, 0.25) is 0 Å². The standard InChI is InChI=1S/C20H16N2O/c23-20(18-4-2-1-3-5-18)22-19-10-8-16(9-11-19)6-7-17-12-14-21-15-13-17/h1-15H,(H,22,23)/b7-6+. The van der Waals surface area contributed by atoms with E-state index in [1.807, 2.05) is 66.7 Å². The van der Waals surface area contributed by atoms with Gasteiger partial charge in [0.1, 0.15) is 0 Å². The van der Waals surface area contributed by atoms with E-state index in [1.54, 1.807) is 24.5 Å². The average molecular weight is 300 g/mol. The minimum absolute atomic E-state index is 0.106. The second kappa shape index (κ2) is 7.18. The fourth-order valence-corrected chi connectivity index (χ4v) is 2.14. The summed E-state index contributed by atoms with van der Waals surface area (Å²) in [6, 6.07) is 20.8. The van der Waals surface area contributed by atoms with E-state index in [0.29, 0.717) is 5.56 Å². The van der Waals surface area contributed by atoms with Crippen molar-refractivity contribution in [2.45, 2.75) is 0 Å². The maximum Gasteiger partial charge on any atom is 0.255 e. The molecule has 112 valence electrons. The summed E-state index contributed by atoms with van der Waals surface area (Å²) in [5.74, 6) is -0.106. The van der Waals surface area contributed by atoms with Crippen molar-refractivity contribution in [2.75, 3.05) is 5.32 Å². The van der Waals surface area contributed by atoms with E-state index in [9.17, 15) is 4.79 Å². The Kier molecular flexibility index (Phi) is 4.60. The summed E-state index contributed by atoms with van der Waals surface area (Å²) in [6.07, 6.45) is 7.58. The third-order valence-electron chi connectivity index (χ3n) is 3.38. The zero-order valence-corrected chi connectivity index (χ0v) is 12.5. The summed E-state index contributed by atoms with van der Waals surface area (Å²) in [4.78, 5) is 16.1. The number of hydrogen-bond donors (Lipinski definition) is 1. The normalized spacial score (nSPS) is 10.6. The quantitative estimate of drug-likeness (QED) is 0.770. The number of hydrogen-bond acceptors (Lipinski definition) is 2. The van der Waals surface area contributed by atoms with Crippen LogP contribution in [-0.4, -0.2) is 10.9 Å². The predicted octanol–water partition coefficient (Wildman–Crippen LogP) is 4.50. The van der Waals surface area contributed by atoms with Crippen molar-refractivity contribution in [3.63, 3.8) is 0 Å². The molecule has 1 N–H and O–H groups in total. The van der Waals surface area contributed by atoms with E-state index in [2.05, 4.69) is 10.3 Å². The number of nitrogens with one attached hydrogen (secondary N) is 1. The minimum Gasteiger partial charge on any atom is -0.322 e. The van der Waals surface area contributed by atoms with Crippen molar-refractivity contribution in [3.05, 3.63) is 95.8 Å². The van der Waals surface area contributed by atoms with Crippen LogP contribution in [0.4, 0.5) is 5.69 Å². The SMILES string of the molecule is O=C(Nc1ccc(/C=C/c2ccncc2)cc1)c1ccccc1. The van der Waals surface area contributed by atoms with Crippen LogP contribution in [0.5, 0.6) is 0 Å². The molecule has 0 aliphatic rings. The Balaban J connectivity index is 1.65. The molecular formula is C20H16N2O. The van der Waals surface area contributed by atoms with Crippen LogP contribution in [0.15, 0.2) is 79.1 Å². The summed E-state index contributed by atoms with van der Waals surface area (Å²) < 4.78 is 0. The largest absolute Gasteiger partial charge is 0.322 e. The number of amides is 1. The molecule has 23 heavy (non-hydrogen) atoms. The number of benzene rings is 2. The van der Waals surface area contributed by atoms with Gasteiger partial charge in [-0.1, -0.05) is 42.5 Å². The lowest BCUT2D eigenvalue weighted by Gasteiger charge is -2.05. The van der Waals surface area contributed by atoms with Gasteiger partial charge in [-0.2, -0.15) is 0 Å². The number of aromatic nitrogens is 1. The first-order valence-corrected chi connectivity index (χ1v) is 7.36. The number of rotatable bonds is 4. The zero-order chi connectivity index (χ0) is 15.9. The van der Waals surface area contributed by atoms with Gasteiger partial charge in [0, 0.05) is 23.6 Å². The Bertz CT molecular complexity index is 794. The Morgan fingerprint density at radius 3 is 2.04 bits per heavy atom. The Morgan fingerprint density at radius 2 is 1.39 bits per heavy atom. The van der Waals surface area contributed by atoms with Crippen molar-refractivity contribution in [2.24, 2.45) is 0 Å². The first-order chi connectivity index (χ1) is 11.3. The van der Waals surface area contributed by atoms with Gasteiger partial charge in [0.15, 0.2) is 0 Å². The summed E-state index contributed by atoms with van der Waals surface area (Å²) in [7, 11) is 0. The second-order valence-electron chi connectivity index (χ2n) is 5.06. The second-order valence-corrected chi connectivity index (χ2v) is 5.06.